The molecule has 140 valence electrons. The van der Waals surface area contributed by atoms with Gasteiger partial charge in [0.05, 0.1) is 10.0 Å². The van der Waals surface area contributed by atoms with Gasteiger partial charge in [-0.1, -0.05) is 53.5 Å². The molecule has 2 aromatic carbocycles. The molecule has 0 aromatic heterocycles. The van der Waals surface area contributed by atoms with Gasteiger partial charge in [0.1, 0.15) is 0 Å². The number of hydrogen-bond acceptors (Lipinski definition) is 2. The van der Waals surface area contributed by atoms with E-state index in [0.29, 0.717) is 41.5 Å². The zero-order chi connectivity index (χ0) is 19.2. The lowest BCUT2D eigenvalue weighted by Gasteiger charge is -2.30. The summed E-state index contributed by atoms with van der Waals surface area (Å²) in [4.78, 5) is 26.5. The molecule has 1 fully saturated rings. The summed E-state index contributed by atoms with van der Waals surface area (Å²) in [6.45, 7) is 1.11. The zero-order valence-electron chi connectivity index (χ0n) is 14.7. The van der Waals surface area contributed by atoms with Crippen LogP contribution in [0.5, 0.6) is 0 Å². The van der Waals surface area contributed by atoms with Crippen LogP contribution in [0.25, 0.3) is 6.08 Å². The number of benzene rings is 2. The minimum absolute atomic E-state index is 0.00884. The van der Waals surface area contributed by atoms with Crippen molar-refractivity contribution in [1.82, 2.24) is 4.90 Å². The summed E-state index contributed by atoms with van der Waals surface area (Å²) >= 11 is 12.1. The summed E-state index contributed by atoms with van der Waals surface area (Å²) in [5, 5.41) is 3.82. The molecule has 1 heterocycles. The van der Waals surface area contributed by atoms with Gasteiger partial charge in [0.2, 0.25) is 11.8 Å². The van der Waals surface area contributed by atoms with Crippen molar-refractivity contribution in [1.29, 1.82) is 0 Å². The number of nitrogens with one attached hydrogen (secondary N) is 1. The molecule has 2 aromatic rings. The standard InChI is InChI=1S/C21H20Cl2N2O2/c22-18-8-4-5-15(20(18)23)9-10-19(26)25-13-11-16(12-14-25)21(27)24-17-6-2-1-3-7-17/h1-10,16H,11-14H2,(H,24,27). The number of anilines is 1. The minimum atomic E-state index is -0.0899. The summed E-state index contributed by atoms with van der Waals surface area (Å²) in [6.07, 6.45) is 4.47. The highest BCUT2D eigenvalue weighted by Crippen LogP contribution is 2.26. The Morgan fingerprint density at radius 2 is 1.70 bits per heavy atom. The van der Waals surface area contributed by atoms with E-state index in [2.05, 4.69) is 5.32 Å². The number of carbonyl (C=O) groups is 2. The van der Waals surface area contributed by atoms with E-state index in [9.17, 15) is 9.59 Å². The average molecular weight is 403 g/mol. The highest BCUT2D eigenvalue weighted by molar-refractivity contribution is 6.42. The second-order valence-corrected chi connectivity index (χ2v) is 7.22. The number of carbonyl (C=O) groups excluding carboxylic acids is 2. The predicted molar refractivity (Wildman–Crippen MR) is 110 cm³/mol. The molecule has 0 unspecified atom stereocenters. The average Bonchev–Trinajstić information content (AvgIpc) is 2.70. The molecular weight excluding hydrogens is 383 g/mol. The number of rotatable bonds is 4. The van der Waals surface area contributed by atoms with Gasteiger partial charge in [-0.05, 0) is 42.7 Å². The van der Waals surface area contributed by atoms with Gasteiger partial charge in [-0.25, -0.2) is 0 Å². The molecule has 1 N–H and O–H groups in total. The molecule has 0 aliphatic carbocycles. The van der Waals surface area contributed by atoms with E-state index in [0.717, 1.165) is 5.69 Å². The van der Waals surface area contributed by atoms with E-state index < -0.39 is 0 Å². The minimum Gasteiger partial charge on any atom is -0.339 e. The zero-order valence-corrected chi connectivity index (χ0v) is 16.2. The number of hydrogen-bond donors (Lipinski definition) is 1. The Morgan fingerprint density at radius 1 is 1.00 bits per heavy atom. The third kappa shape index (κ3) is 5.12. The molecule has 0 spiro atoms. The second kappa shape index (κ2) is 9.07. The van der Waals surface area contributed by atoms with Crippen LogP contribution in [0.2, 0.25) is 10.0 Å². The molecular formula is C21H20Cl2N2O2. The fourth-order valence-electron chi connectivity index (χ4n) is 3.04. The van der Waals surface area contributed by atoms with Crippen LogP contribution in [0.4, 0.5) is 5.69 Å². The van der Waals surface area contributed by atoms with Crippen LogP contribution >= 0.6 is 23.2 Å². The number of piperidine rings is 1. The SMILES string of the molecule is O=C(Nc1ccccc1)C1CCN(C(=O)C=Cc2cccc(Cl)c2Cl)CC1. The first-order valence-electron chi connectivity index (χ1n) is 8.81. The summed E-state index contributed by atoms with van der Waals surface area (Å²) in [6, 6.07) is 14.7. The Balaban J connectivity index is 1.52. The third-order valence-corrected chi connectivity index (χ3v) is 5.44. The first-order valence-corrected chi connectivity index (χ1v) is 9.57. The van der Waals surface area contributed by atoms with Gasteiger partial charge in [-0.15, -0.1) is 0 Å². The Labute approximate surface area is 168 Å². The second-order valence-electron chi connectivity index (χ2n) is 6.43. The van der Waals surface area contributed by atoms with E-state index in [4.69, 9.17) is 23.2 Å². The van der Waals surface area contributed by atoms with Crippen molar-refractivity contribution < 1.29 is 9.59 Å². The molecule has 0 bridgehead atoms. The van der Waals surface area contributed by atoms with Crippen LogP contribution in [0.3, 0.4) is 0 Å². The molecule has 3 rings (SSSR count). The Bertz CT molecular complexity index is 845. The van der Waals surface area contributed by atoms with Gasteiger partial charge in [0.15, 0.2) is 0 Å². The lowest BCUT2D eigenvalue weighted by atomic mass is 9.95. The molecule has 4 nitrogen and oxygen atoms in total. The van der Waals surface area contributed by atoms with Crippen LogP contribution < -0.4 is 5.32 Å². The normalized spacial score (nSPS) is 15.1. The maximum atomic E-state index is 12.4. The predicted octanol–water partition coefficient (Wildman–Crippen LogP) is 4.88. The lowest BCUT2D eigenvalue weighted by Crippen LogP contribution is -2.40. The molecule has 0 radical (unpaired) electrons. The van der Waals surface area contributed by atoms with E-state index in [1.807, 2.05) is 30.3 Å². The quantitative estimate of drug-likeness (QED) is 0.740. The maximum Gasteiger partial charge on any atom is 0.246 e. The third-order valence-electron chi connectivity index (χ3n) is 4.61. The molecule has 0 saturated carbocycles. The maximum absolute atomic E-state index is 12.4. The Morgan fingerprint density at radius 3 is 2.41 bits per heavy atom. The largest absolute Gasteiger partial charge is 0.339 e. The van der Waals surface area contributed by atoms with Crippen LogP contribution in [0.1, 0.15) is 18.4 Å². The van der Waals surface area contributed by atoms with Crippen molar-refractivity contribution in [2.75, 3.05) is 18.4 Å². The van der Waals surface area contributed by atoms with Crippen LogP contribution in [0, 0.1) is 5.92 Å². The van der Waals surface area contributed by atoms with Crippen molar-refractivity contribution in [3.63, 3.8) is 0 Å². The smallest absolute Gasteiger partial charge is 0.246 e. The van der Waals surface area contributed by atoms with Crippen molar-refractivity contribution in [2.45, 2.75) is 12.8 Å². The Kier molecular flexibility index (Phi) is 6.54. The number of nitrogens with zero attached hydrogens (tertiary/aromatic N) is 1. The van der Waals surface area contributed by atoms with Crippen LogP contribution in [-0.4, -0.2) is 29.8 Å². The van der Waals surface area contributed by atoms with Gasteiger partial charge < -0.3 is 10.2 Å². The first kappa shape index (κ1) is 19.5. The summed E-state index contributed by atoms with van der Waals surface area (Å²) in [7, 11) is 0. The highest BCUT2D eigenvalue weighted by Gasteiger charge is 2.26. The van der Waals surface area contributed by atoms with Crippen molar-refractivity contribution in [2.24, 2.45) is 5.92 Å². The topological polar surface area (TPSA) is 49.4 Å². The number of likely N-dealkylation sites (tertiary alicyclic amines) is 1. The summed E-state index contributed by atoms with van der Waals surface area (Å²) in [5.41, 5.74) is 1.50. The molecule has 27 heavy (non-hydrogen) atoms. The van der Waals surface area contributed by atoms with E-state index in [-0.39, 0.29) is 17.7 Å². The fourth-order valence-corrected chi connectivity index (χ4v) is 3.41. The number of halogens is 2. The fraction of sp³-hybridized carbons (Fsp3) is 0.238. The van der Waals surface area contributed by atoms with Gasteiger partial charge >= 0.3 is 0 Å². The molecule has 1 aliphatic heterocycles. The van der Waals surface area contributed by atoms with E-state index in [1.165, 1.54) is 6.08 Å². The van der Waals surface area contributed by atoms with E-state index >= 15 is 0 Å². The van der Waals surface area contributed by atoms with Gasteiger partial charge in [0.25, 0.3) is 0 Å². The molecule has 1 saturated heterocycles. The molecule has 0 atom stereocenters. The number of amides is 2. The van der Waals surface area contributed by atoms with Gasteiger partial charge in [0, 0.05) is 30.8 Å². The van der Waals surface area contributed by atoms with Crippen LogP contribution in [-0.2, 0) is 9.59 Å². The van der Waals surface area contributed by atoms with Crippen molar-refractivity contribution >= 4 is 46.8 Å². The highest BCUT2D eigenvalue weighted by atomic mass is 35.5. The first-order chi connectivity index (χ1) is 13.0. The van der Waals surface area contributed by atoms with Crippen molar-refractivity contribution in [3.8, 4) is 0 Å². The molecule has 2 amide bonds. The van der Waals surface area contributed by atoms with Gasteiger partial charge in [-0.3, -0.25) is 9.59 Å². The van der Waals surface area contributed by atoms with Gasteiger partial charge in [-0.2, -0.15) is 0 Å². The summed E-state index contributed by atoms with van der Waals surface area (Å²) in [5.74, 6) is -0.164. The monoisotopic (exact) mass is 402 g/mol. The molecule has 1 aliphatic rings. The van der Waals surface area contributed by atoms with Crippen molar-refractivity contribution in [3.05, 3.63) is 70.2 Å². The lowest BCUT2D eigenvalue weighted by molar-refractivity contribution is -0.130. The summed E-state index contributed by atoms with van der Waals surface area (Å²) < 4.78 is 0. The molecule has 6 heteroatoms. The number of para-hydroxylation sites is 1. The van der Waals surface area contributed by atoms with E-state index in [1.54, 1.807) is 29.2 Å². The Hall–Kier alpha value is -2.30. The van der Waals surface area contributed by atoms with Crippen LogP contribution in [0.15, 0.2) is 54.6 Å².